The fraction of sp³-hybridized carbons (Fsp3) is 0.394. The summed E-state index contributed by atoms with van der Waals surface area (Å²) < 4.78 is 34.5. The number of rotatable bonds is 11. The molecule has 226 valence electrons. The average Bonchev–Trinajstić information content (AvgIpc) is 2.92. The van der Waals surface area contributed by atoms with Crippen LogP contribution < -0.4 is 14.4 Å². The summed E-state index contributed by atoms with van der Waals surface area (Å²) in [6.07, 6.45) is 0.345. The number of anilines is 1. The fourth-order valence-corrected chi connectivity index (χ4v) is 5.95. The average molecular weight is 594 g/mol. The SMILES string of the molecule is CC[C@H](C(=O)NC(C)(C)C)N(Cc1ccc(OC)cc1)C(=O)CN(c1ccc(C)c(C)c1)S(=O)(=O)c1ccc(C)cc1. The zero-order chi connectivity index (χ0) is 31.2. The van der Waals surface area contributed by atoms with Gasteiger partial charge in [-0.3, -0.25) is 13.9 Å². The number of hydrogen-bond acceptors (Lipinski definition) is 5. The first-order chi connectivity index (χ1) is 19.7. The molecular weight excluding hydrogens is 550 g/mol. The topological polar surface area (TPSA) is 96.0 Å². The van der Waals surface area contributed by atoms with Gasteiger partial charge in [-0.25, -0.2) is 8.42 Å². The highest BCUT2D eigenvalue weighted by molar-refractivity contribution is 7.92. The first-order valence-electron chi connectivity index (χ1n) is 14.1. The lowest BCUT2D eigenvalue weighted by Crippen LogP contribution is -2.55. The summed E-state index contributed by atoms with van der Waals surface area (Å²) in [7, 11) is -2.55. The first kappa shape index (κ1) is 32.7. The highest BCUT2D eigenvalue weighted by atomic mass is 32.2. The van der Waals surface area contributed by atoms with Crippen LogP contribution in [0.2, 0.25) is 0 Å². The van der Waals surface area contributed by atoms with Gasteiger partial charge in [-0.2, -0.15) is 0 Å². The molecular formula is C33H43N3O5S. The van der Waals surface area contributed by atoms with Crippen LogP contribution in [-0.2, 0) is 26.2 Å². The Morgan fingerprint density at radius 3 is 2.05 bits per heavy atom. The third-order valence-corrected chi connectivity index (χ3v) is 8.85. The molecule has 0 bridgehead atoms. The van der Waals surface area contributed by atoms with E-state index in [0.29, 0.717) is 17.9 Å². The lowest BCUT2D eigenvalue weighted by atomic mass is 10.1. The number of hydrogen-bond donors (Lipinski definition) is 1. The molecule has 0 aliphatic carbocycles. The maximum atomic E-state index is 14.2. The number of nitrogens with one attached hydrogen (secondary N) is 1. The molecule has 0 heterocycles. The first-order valence-corrected chi connectivity index (χ1v) is 15.5. The summed E-state index contributed by atoms with van der Waals surface area (Å²) in [5.41, 5.74) is 3.47. The molecule has 3 rings (SSSR count). The molecule has 2 amide bonds. The van der Waals surface area contributed by atoms with E-state index in [1.165, 1.54) is 4.90 Å². The van der Waals surface area contributed by atoms with E-state index >= 15 is 0 Å². The van der Waals surface area contributed by atoms with Gasteiger partial charge in [0.25, 0.3) is 10.0 Å². The van der Waals surface area contributed by atoms with Gasteiger partial charge >= 0.3 is 0 Å². The van der Waals surface area contributed by atoms with Gasteiger partial charge in [-0.05, 0) is 101 Å². The highest BCUT2D eigenvalue weighted by Gasteiger charge is 2.34. The molecule has 0 spiro atoms. The van der Waals surface area contributed by atoms with Gasteiger partial charge in [-0.1, -0.05) is 42.8 Å². The minimum Gasteiger partial charge on any atom is -0.497 e. The van der Waals surface area contributed by atoms with Crippen LogP contribution in [0, 0.1) is 20.8 Å². The molecule has 0 unspecified atom stereocenters. The number of sulfonamides is 1. The van der Waals surface area contributed by atoms with Crippen molar-refractivity contribution in [3.63, 3.8) is 0 Å². The van der Waals surface area contributed by atoms with Crippen LogP contribution >= 0.6 is 0 Å². The molecule has 9 heteroatoms. The number of benzene rings is 3. The Morgan fingerprint density at radius 2 is 1.52 bits per heavy atom. The van der Waals surface area contributed by atoms with Crippen molar-refractivity contribution < 1.29 is 22.7 Å². The number of carbonyl (C=O) groups excluding carboxylic acids is 2. The van der Waals surface area contributed by atoms with Crippen molar-refractivity contribution in [3.8, 4) is 5.75 Å². The van der Waals surface area contributed by atoms with E-state index in [2.05, 4.69) is 5.32 Å². The Balaban J connectivity index is 2.09. The van der Waals surface area contributed by atoms with Crippen molar-refractivity contribution in [2.45, 2.75) is 77.9 Å². The van der Waals surface area contributed by atoms with Crippen molar-refractivity contribution in [1.82, 2.24) is 10.2 Å². The summed E-state index contributed by atoms with van der Waals surface area (Å²) in [5.74, 6) is -0.124. The smallest absolute Gasteiger partial charge is 0.264 e. The van der Waals surface area contributed by atoms with Gasteiger partial charge in [0.15, 0.2) is 0 Å². The Bertz CT molecular complexity index is 1490. The van der Waals surface area contributed by atoms with E-state index < -0.39 is 34.1 Å². The van der Waals surface area contributed by atoms with Crippen molar-refractivity contribution >= 4 is 27.5 Å². The maximum absolute atomic E-state index is 14.2. The molecule has 3 aromatic carbocycles. The maximum Gasteiger partial charge on any atom is 0.264 e. The Kier molecular flexibility index (Phi) is 10.4. The summed E-state index contributed by atoms with van der Waals surface area (Å²) >= 11 is 0. The van der Waals surface area contributed by atoms with Crippen molar-refractivity contribution in [1.29, 1.82) is 0 Å². The second-order valence-corrected chi connectivity index (χ2v) is 13.5. The standard InChI is InChI=1S/C33H43N3O5S/c1-9-30(32(38)34-33(5,6)7)35(21-26-13-16-28(41-8)17-14-26)31(37)22-36(27-15-12-24(3)25(4)20-27)42(39,40)29-18-10-23(2)11-19-29/h10-20,30H,9,21-22H2,1-8H3,(H,34,38)/t30-/m1/s1. The number of amides is 2. The van der Waals surface area contributed by atoms with Gasteiger partial charge in [0.1, 0.15) is 18.3 Å². The zero-order valence-electron chi connectivity index (χ0n) is 25.9. The number of methoxy groups -OCH3 is 1. The molecule has 0 aliphatic rings. The number of carbonyl (C=O) groups is 2. The molecule has 0 radical (unpaired) electrons. The van der Waals surface area contributed by atoms with Crippen molar-refractivity contribution in [2.24, 2.45) is 0 Å². The lowest BCUT2D eigenvalue weighted by molar-refractivity contribution is -0.141. The van der Waals surface area contributed by atoms with Crippen LogP contribution in [0.4, 0.5) is 5.69 Å². The molecule has 3 aromatic rings. The molecule has 0 fully saturated rings. The van der Waals surface area contributed by atoms with E-state index in [1.807, 2.05) is 66.7 Å². The third kappa shape index (κ3) is 8.12. The molecule has 0 saturated carbocycles. The van der Waals surface area contributed by atoms with Crippen LogP contribution in [0.3, 0.4) is 0 Å². The van der Waals surface area contributed by atoms with Gasteiger partial charge in [0.2, 0.25) is 11.8 Å². The van der Waals surface area contributed by atoms with Gasteiger partial charge < -0.3 is 15.0 Å². The Hall–Kier alpha value is -3.85. The monoisotopic (exact) mass is 593 g/mol. The normalized spacial score (nSPS) is 12.4. The van der Waals surface area contributed by atoms with Crippen LogP contribution in [0.5, 0.6) is 5.75 Å². The van der Waals surface area contributed by atoms with Crippen molar-refractivity contribution in [2.75, 3.05) is 18.0 Å². The highest BCUT2D eigenvalue weighted by Crippen LogP contribution is 2.27. The number of aryl methyl sites for hydroxylation is 3. The van der Waals surface area contributed by atoms with Gasteiger partial charge in [-0.15, -0.1) is 0 Å². The second kappa shape index (κ2) is 13.4. The number of nitrogens with zero attached hydrogens (tertiary/aromatic N) is 2. The predicted molar refractivity (Wildman–Crippen MR) is 167 cm³/mol. The van der Waals surface area contributed by atoms with Crippen molar-refractivity contribution in [3.05, 3.63) is 89.0 Å². The third-order valence-electron chi connectivity index (χ3n) is 7.06. The molecule has 0 saturated heterocycles. The summed E-state index contributed by atoms with van der Waals surface area (Å²) in [6, 6.07) is 18.3. The molecule has 0 aliphatic heterocycles. The quantitative estimate of drug-likeness (QED) is 0.315. The Morgan fingerprint density at radius 1 is 0.905 bits per heavy atom. The van der Waals surface area contributed by atoms with E-state index in [4.69, 9.17) is 4.74 Å². The van der Waals surface area contributed by atoms with E-state index in [1.54, 1.807) is 55.6 Å². The fourth-order valence-electron chi connectivity index (χ4n) is 4.55. The molecule has 8 nitrogen and oxygen atoms in total. The zero-order valence-corrected chi connectivity index (χ0v) is 26.7. The summed E-state index contributed by atoms with van der Waals surface area (Å²) in [5, 5.41) is 2.98. The van der Waals surface area contributed by atoms with Crippen LogP contribution in [0.25, 0.3) is 0 Å². The molecule has 42 heavy (non-hydrogen) atoms. The molecule has 0 aromatic heterocycles. The largest absolute Gasteiger partial charge is 0.497 e. The van der Waals surface area contributed by atoms with Crippen LogP contribution in [0.1, 0.15) is 56.4 Å². The van der Waals surface area contributed by atoms with Crippen LogP contribution in [0.15, 0.2) is 71.6 Å². The lowest BCUT2D eigenvalue weighted by Gasteiger charge is -2.35. The van der Waals surface area contributed by atoms with E-state index in [9.17, 15) is 18.0 Å². The predicted octanol–water partition coefficient (Wildman–Crippen LogP) is 5.54. The molecule has 1 N–H and O–H groups in total. The van der Waals surface area contributed by atoms with Gasteiger partial charge in [0.05, 0.1) is 17.7 Å². The molecule has 1 atom stereocenters. The number of ether oxygens (including phenoxy) is 1. The minimum absolute atomic E-state index is 0.0818. The van der Waals surface area contributed by atoms with E-state index in [0.717, 1.165) is 26.6 Å². The summed E-state index contributed by atoms with van der Waals surface area (Å²) in [6.45, 7) is 12.8. The minimum atomic E-state index is -4.12. The Labute approximate surface area is 250 Å². The van der Waals surface area contributed by atoms with E-state index in [-0.39, 0.29) is 17.3 Å². The summed E-state index contributed by atoms with van der Waals surface area (Å²) in [4.78, 5) is 29.2. The van der Waals surface area contributed by atoms with Gasteiger partial charge in [0, 0.05) is 12.1 Å². The van der Waals surface area contributed by atoms with Crippen LogP contribution in [-0.4, -0.2) is 50.4 Å². The second-order valence-electron chi connectivity index (χ2n) is 11.6.